The van der Waals surface area contributed by atoms with E-state index in [1.54, 1.807) is 0 Å². The molecule has 0 bridgehead atoms. The van der Waals surface area contributed by atoms with E-state index in [4.69, 9.17) is 0 Å². The lowest BCUT2D eigenvalue weighted by atomic mass is 9.93. The van der Waals surface area contributed by atoms with Crippen molar-refractivity contribution in [3.8, 4) is 0 Å². The Morgan fingerprint density at radius 1 is 1.24 bits per heavy atom. The van der Waals surface area contributed by atoms with Crippen molar-refractivity contribution in [1.82, 2.24) is 4.90 Å². The molecule has 1 saturated heterocycles. The van der Waals surface area contributed by atoms with Crippen molar-refractivity contribution >= 4 is 15.9 Å². The van der Waals surface area contributed by atoms with Gasteiger partial charge in [0.2, 0.25) is 0 Å². The number of hydrogen-bond donors (Lipinski definition) is 0. The summed E-state index contributed by atoms with van der Waals surface area (Å²) in [4.78, 5) is 2.62. The highest BCUT2D eigenvalue weighted by Gasteiger charge is 2.19. The van der Waals surface area contributed by atoms with Gasteiger partial charge >= 0.3 is 0 Å². The molecule has 2 heteroatoms. The third-order valence-corrected chi connectivity index (χ3v) is 4.16. The van der Waals surface area contributed by atoms with E-state index in [1.165, 1.54) is 44.3 Å². The van der Waals surface area contributed by atoms with Gasteiger partial charge in [-0.15, -0.1) is 0 Å². The Morgan fingerprint density at radius 2 is 2.06 bits per heavy atom. The molecule has 1 heterocycles. The monoisotopic (exact) mass is 295 g/mol. The zero-order valence-electron chi connectivity index (χ0n) is 10.4. The smallest absolute Gasteiger partial charge is 0.0233 e. The predicted molar refractivity (Wildman–Crippen MR) is 77.5 cm³/mol. The summed E-state index contributed by atoms with van der Waals surface area (Å²) in [5.41, 5.74) is 1.45. The quantitative estimate of drug-likeness (QED) is 0.740. The topological polar surface area (TPSA) is 3.24 Å². The van der Waals surface area contributed by atoms with Gasteiger partial charge in [-0.2, -0.15) is 0 Å². The minimum Gasteiger partial charge on any atom is -0.299 e. The Kier molecular flexibility index (Phi) is 5.53. The SMILES string of the molecule is BrCCC[C@H]1CCCN(Cc2ccccc2)C1. The summed E-state index contributed by atoms with van der Waals surface area (Å²) < 4.78 is 0. The van der Waals surface area contributed by atoms with E-state index in [0.717, 1.165) is 17.8 Å². The lowest BCUT2D eigenvalue weighted by molar-refractivity contribution is 0.161. The van der Waals surface area contributed by atoms with E-state index in [2.05, 4.69) is 51.2 Å². The van der Waals surface area contributed by atoms with E-state index in [-0.39, 0.29) is 0 Å². The summed E-state index contributed by atoms with van der Waals surface area (Å²) in [6.07, 6.45) is 5.51. The number of nitrogens with zero attached hydrogens (tertiary/aromatic N) is 1. The van der Waals surface area contributed by atoms with E-state index < -0.39 is 0 Å². The van der Waals surface area contributed by atoms with Crippen LogP contribution in [-0.2, 0) is 6.54 Å². The van der Waals surface area contributed by atoms with Crippen molar-refractivity contribution in [2.24, 2.45) is 5.92 Å². The van der Waals surface area contributed by atoms with Gasteiger partial charge in [-0.25, -0.2) is 0 Å². The maximum absolute atomic E-state index is 3.53. The number of piperidine rings is 1. The summed E-state index contributed by atoms with van der Waals surface area (Å²) in [6, 6.07) is 10.9. The molecule has 0 radical (unpaired) electrons. The third-order valence-electron chi connectivity index (χ3n) is 3.60. The first-order valence-corrected chi connectivity index (χ1v) is 7.83. The highest BCUT2D eigenvalue weighted by atomic mass is 79.9. The van der Waals surface area contributed by atoms with Gasteiger partial charge in [0, 0.05) is 18.4 Å². The Morgan fingerprint density at radius 3 is 2.82 bits per heavy atom. The summed E-state index contributed by atoms with van der Waals surface area (Å²) in [5.74, 6) is 0.921. The third kappa shape index (κ3) is 4.44. The van der Waals surface area contributed by atoms with Crippen LogP contribution in [0.4, 0.5) is 0 Å². The minimum absolute atomic E-state index is 0.921. The van der Waals surface area contributed by atoms with Crippen molar-refractivity contribution < 1.29 is 0 Å². The fourth-order valence-electron chi connectivity index (χ4n) is 2.74. The number of likely N-dealkylation sites (tertiary alicyclic amines) is 1. The first kappa shape index (κ1) is 13.1. The van der Waals surface area contributed by atoms with E-state index in [0.29, 0.717) is 0 Å². The molecule has 2 rings (SSSR count). The zero-order valence-corrected chi connectivity index (χ0v) is 12.0. The van der Waals surface area contributed by atoms with Gasteiger partial charge in [-0.1, -0.05) is 46.3 Å². The molecule has 0 aromatic heterocycles. The van der Waals surface area contributed by atoms with Gasteiger partial charge in [0.05, 0.1) is 0 Å². The van der Waals surface area contributed by atoms with Crippen LogP contribution in [0.1, 0.15) is 31.2 Å². The largest absolute Gasteiger partial charge is 0.299 e. The molecule has 1 fully saturated rings. The van der Waals surface area contributed by atoms with Crippen LogP contribution in [0.5, 0.6) is 0 Å². The molecule has 1 aromatic carbocycles. The fraction of sp³-hybridized carbons (Fsp3) is 0.600. The summed E-state index contributed by atoms with van der Waals surface area (Å²) >= 11 is 3.53. The number of hydrogen-bond acceptors (Lipinski definition) is 1. The first-order chi connectivity index (χ1) is 8.38. The second-order valence-electron chi connectivity index (χ2n) is 5.06. The van der Waals surface area contributed by atoms with Crippen molar-refractivity contribution in [3.05, 3.63) is 35.9 Å². The molecule has 17 heavy (non-hydrogen) atoms. The molecule has 1 aliphatic heterocycles. The van der Waals surface area contributed by atoms with Crippen LogP contribution in [0.2, 0.25) is 0 Å². The summed E-state index contributed by atoms with van der Waals surface area (Å²) in [7, 11) is 0. The molecule has 0 saturated carbocycles. The second kappa shape index (κ2) is 7.17. The van der Waals surface area contributed by atoms with Gasteiger partial charge in [0.15, 0.2) is 0 Å². The first-order valence-electron chi connectivity index (χ1n) is 6.70. The fourth-order valence-corrected chi connectivity index (χ4v) is 3.06. The minimum atomic E-state index is 0.921. The Labute approximate surface area is 113 Å². The van der Waals surface area contributed by atoms with Crippen LogP contribution in [0.15, 0.2) is 30.3 Å². The lowest BCUT2D eigenvalue weighted by Crippen LogP contribution is -2.34. The number of halogens is 1. The van der Waals surface area contributed by atoms with E-state index in [1.807, 2.05) is 0 Å². The van der Waals surface area contributed by atoms with Crippen LogP contribution < -0.4 is 0 Å². The van der Waals surface area contributed by atoms with Crippen molar-refractivity contribution in [2.75, 3.05) is 18.4 Å². The van der Waals surface area contributed by atoms with Gasteiger partial charge < -0.3 is 0 Å². The average Bonchev–Trinajstić information content (AvgIpc) is 2.38. The Balaban J connectivity index is 1.81. The van der Waals surface area contributed by atoms with Crippen LogP contribution in [0.3, 0.4) is 0 Å². The molecule has 0 N–H and O–H groups in total. The highest BCUT2D eigenvalue weighted by Crippen LogP contribution is 2.22. The normalized spacial score (nSPS) is 21.6. The van der Waals surface area contributed by atoms with Gasteiger partial charge in [-0.3, -0.25) is 4.90 Å². The molecule has 0 unspecified atom stereocenters. The zero-order chi connectivity index (χ0) is 11.9. The van der Waals surface area contributed by atoms with Gasteiger partial charge in [0.1, 0.15) is 0 Å². The van der Waals surface area contributed by atoms with E-state index >= 15 is 0 Å². The maximum Gasteiger partial charge on any atom is 0.0233 e. The molecule has 94 valence electrons. The van der Waals surface area contributed by atoms with E-state index in [9.17, 15) is 0 Å². The highest BCUT2D eigenvalue weighted by molar-refractivity contribution is 9.09. The maximum atomic E-state index is 3.53. The Bertz CT molecular complexity index is 312. The number of rotatable bonds is 5. The molecule has 0 aliphatic carbocycles. The van der Waals surface area contributed by atoms with Gasteiger partial charge in [0.25, 0.3) is 0 Å². The van der Waals surface area contributed by atoms with Gasteiger partial charge in [-0.05, 0) is 43.7 Å². The van der Waals surface area contributed by atoms with Crippen molar-refractivity contribution in [3.63, 3.8) is 0 Å². The lowest BCUT2D eigenvalue weighted by Gasteiger charge is -2.32. The molecular weight excluding hydrogens is 274 g/mol. The standard InChI is InChI=1S/C15H22BrN/c16-10-4-8-15-9-5-11-17(13-15)12-14-6-2-1-3-7-14/h1-3,6-7,15H,4-5,8-13H2/t15-/m0/s1. The molecular formula is C15H22BrN. The van der Waals surface area contributed by atoms with Crippen molar-refractivity contribution in [1.29, 1.82) is 0 Å². The van der Waals surface area contributed by atoms with Crippen LogP contribution >= 0.6 is 15.9 Å². The predicted octanol–water partition coefficient (Wildman–Crippen LogP) is 4.07. The molecule has 1 nitrogen and oxygen atoms in total. The molecule has 0 spiro atoms. The number of benzene rings is 1. The number of alkyl halides is 1. The average molecular weight is 296 g/mol. The summed E-state index contributed by atoms with van der Waals surface area (Å²) in [5, 5.41) is 1.15. The van der Waals surface area contributed by atoms with Crippen molar-refractivity contribution in [2.45, 2.75) is 32.2 Å². The Hall–Kier alpha value is -0.340. The van der Waals surface area contributed by atoms with Crippen LogP contribution in [0, 0.1) is 5.92 Å². The van der Waals surface area contributed by atoms with Crippen LogP contribution in [-0.4, -0.2) is 23.3 Å². The van der Waals surface area contributed by atoms with Crippen LogP contribution in [0.25, 0.3) is 0 Å². The molecule has 0 amide bonds. The molecule has 1 aromatic rings. The summed E-state index contributed by atoms with van der Waals surface area (Å²) in [6.45, 7) is 3.70. The molecule has 1 aliphatic rings. The molecule has 1 atom stereocenters. The second-order valence-corrected chi connectivity index (χ2v) is 5.85.